The van der Waals surface area contributed by atoms with Gasteiger partial charge < -0.3 is 10.3 Å². The third-order valence-corrected chi connectivity index (χ3v) is 4.07. The summed E-state index contributed by atoms with van der Waals surface area (Å²) in [7, 11) is 0. The van der Waals surface area contributed by atoms with Crippen molar-refractivity contribution in [3.8, 4) is 0 Å². The first-order chi connectivity index (χ1) is 9.76. The second kappa shape index (κ2) is 5.12. The molecule has 1 amide bonds. The molecule has 104 valence electrons. The number of imidazole rings is 1. The first kappa shape index (κ1) is 12.9. The van der Waals surface area contributed by atoms with Crippen molar-refractivity contribution in [2.45, 2.75) is 37.6 Å². The van der Waals surface area contributed by atoms with E-state index in [9.17, 15) is 4.79 Å². The molecular formula is C16H19N3O. The zero-order valence-corrected chi connectivity index (χ0v) is 11.6. The first-order valence-corrected chi connectivity index (χ1v) is 7.12. The van der Waals surface area contributed by atoms with Crippen LogP contribution in [-0.2, 0) is 10.2 Å². The van der Waals surface area contributed by atoms with Gasteiger partial charge in [0.05, 0.1) is 11.5 Å². The number of aromatic nitrogens is 2. The molecule has 1 heterocycles. The van der Waals surface area contributed by atoms with E-state index in [1.165, 1.54) is 0 Å². The molecule has 4 heteroatoms. The lowest BCUT2D eigenvalue weighted by molar-refractivity contribution is -0.124. The van der Waals surface area contributed by atoms with Crippen molar-refractivity contribution in [1.82, 2.24) is 15.3 Å². The summed E-state index contributed by atoms with van der Waals surface area (Å²) >= 11 is 0. The van der Waals surface area contributed by atoms with Crippen LogP contribution in [0, 0.1) is 0 Å². The number of benzene rings is 1. The third-order valence-electron chi connectivity index (χ3n) is 4.07. The number of hydrogen-bond donors (Lipinski definition) is 2. The molecule has 1 aromatic carbocycles. The SMILES string of the molecule is CCC(NC(=O)C1(c2ccccc2)CC1)c1ncc[nH]1. The Morgan fingerprint density at radius 2 is 2.15 bits per heavy atom. The molecule has 1 aromatic heterocycles. The summed E-state index contributed by atoms with van der Waals surface area (Å²) in [5.74, 6) is 0.941. The number of rotatable bonds is 5. The topological polar surface area (TPSA) is 57.8 Å². The monoisotopic (exact) mass is 269 g/mol. The number of carbonyl (C=O) groups excluding carboxylic acids is 1. The predicted molar refractivity (Wildman–Crippen MR) is 77.1 cm³/mol. The smallest absolute Gasteiger partial charge is 0.231 e. The van der Waals surface area contributed by atoms with Gasteiger partial charge in [-0.2, -0.15) is 0 Å². The zero-order valence-electron chi connectivity index (χ0n) is 11.6. The van der Waals surface area contributed by atoms with Gasteiger partial charge in [0.25, 0.3) is 0 Å². The standard InChI is InChI=1S/C16H19N3O/c1-2-13(14-17-10-11-18-14)19-15(20)16(8-9-16)12-6-4-3-5-7-12/h3-7,10-11,13H,2,8-9H2,1H3,(H,17,18)(H,19,20). The summed E-state index contributed by atoms with van der Waals surface area (Å²) in [6.45, 7) is 2.05. The molecule has 0 bridgehead atoms. The normalized spacial score (nSPS) is 17.4. The lowest BCUT2D eigenvalue weighted by Crippen LogP contribution is -2.37. The van der Waals surface area contributed by atoms with E-state index in [1.807, 2.05) is 30.3 Å². The van der Waals surface area contributed by atoms with Gasteiger partial charge in [-0.25, -0.2) is 4.98 Å². The molecule has 1 fully saturated rings. The predicted octanol–water partition coefficient (Wildman–Crippen LogP) is 2.71. The Morgan fingerprint density at radius 1 is 1.40 bits per heavy atom. The molecule has 0 aliphatic heterocycles. The van der Waals surface area contributed by atoms with Crippen LogP contribution >= 0.6 is 0 Å². The van der Waals surface area contributed by atoms with Crippen LogP contribution in [0.25, 0.3) is 0 Å². The van der Waals surface area contributed by atoms with Crippen molar-refractivity contribution in [2.24, 2.45) is 0 Å². The number of nitrogens with one attached hydrogen (secondary N) is 2. The van der Waals surface area contributed by atoms with Gasteiger partial charge in [-0.3, -0.25) is 4.79 Å². The van der Waals surface area contributed by atoms with Gasteiger partial charge in [0.1, 0.15) is 5.82 Å². The molecular weight excluding hydrogens is 250 g/mol. The van der Waals surface area contributed by atoms with E-state index in [4.69, 9.17) is 0 Å². The van der Waals surface area contributed by atoms with Crippen molar-refractivity contribution in [3.63, 3.8) is 0 Å². The number of amides is 1. The molecule has 20 heavy (non-hydrogen) atoms. The molecule has 1 aliphatic rings. The van der Waals surface area contributed by atoms with Crippen molar-refractivity contribution in [1.29, 1.82) is 0 Å². The summed E-state index contributed by atoms with van der Waals surface area (Å²) in [5.41, 5.74) is 0.799. The maximum Gasteiger partial charge on any atom is 0.231 e. The number of nitrogens with zero attached hydrogens (tertiary/aromatic N) is 1. The third kappa shape index (κ3) is 2.22. The van der Waals surface area contributed by atoms with Crippen molar-refractivity contribution < 1.29 is 4.79 Å². The van der Waals surface area contributed by atoms with Crippen LogP contribution in [0.4, 0.5) is 0 Å². The van der Waals surface area contributed by atoms with E-state index in [1.54, 1.807) is 12.4 Å². The molecule has 3 rings (SSSR count). The minimum absolute atomic E-state index is 0.0429. The number of H-pyrrole nitrogens is 1. The molecule has 1 unspecified atom stereocenters. The summed E-state index contributed by atoms with van der Waals surface area (Å²) in [6.07, 6.45) is 6.18. The number of carbonyl (C=O) groups is 1. The lowest BCUT2D eigenvalue weighted by Gasteiger charge is -2.20. The highest BCUT2D eigenvalue weighted by Gasteiger charge is 2.51. The zero-order chi connectivity index (χ0) is 14.0. The largest absolute Gasteiger partial charge is 0.347 e. The Hall–Kier alpha value is -2.10. The second-order valence-corrected chi connectivity index (χ2v) is 5.36. The van der Waals surface area contributed by atoms with Gasteiger partial charge in [0.15, 0.2) is 0 Å². The molecule has 4 nitrogen and oxygen atoms in total. The molecule has 2 N–H and O–H groups in total. The maximum absolute atomic E-state index is 12.6. The van der Waals surface area contributed by atoms with Gasteiger partial charge in [0, 0.05) is 12.4 Å². The molecule has 2 aromatic rings. The fraction of sp³-hybridized carbons (Fsp3) is 0.375. The van der Waals surface area contributed by atoms with Gasteiger partial charge in [0.2, 0.25) is 5.91 Å². The fourth-order valence-corrected chi connectivity index (χ4v) is 2.66. The molecule has 1 saturated carbocycles. The first-order valence-electron chi connectivity index (χ1n) is 7.12. The van der Waals surface area contributed by atoms with Crippen LogP contribution in [-0.4, -0.2) is 15.9 Å². The van der Waals surface area contributed by atoms with E-state index >= 15 is 0 Å². The highest BCUT2D eigenvalue weighted by molar-refractivity contribution is 5.91. The van der Waals surface area contributed by atoms with E-state index in [0.717, 1.165) is 30.7 Å². The highest BCUT2D eigenvalue weighted by atomic mass is 16.2. The van der Waals surface area contributed by atoms with Gasteiger partial charge in [-0.1, -0.05) is 37.3 Å². The van der Waals surface area contributed by atoms with Gasteiger partial charge in [-0.05, 0) is 24.8 Å². The maximum atomic E-state index is 12.6. The molecule has 0 spiro atoms. The Kier molecular flexibility index (Phi) is 3.30. The minimum atomic E-state index is -0.318. The van der Waals surface area contributed by atoms with E-state index in [-0.39, 0.29) is 17.4 Å². The van der Waals surface area contributed by atoms with E-state index < -0.39 is 0 Å². The summed E-state index contributed by atoms with van der Waals surface area (Å²) < 4.78 is 0. The Bertz CT molecular complexity index is 573. The van der Waals surface area contributed by atoms with E-state index in [0.29, 0.717) is 0 Å². The average molecular weight is 269 g/mol. The van der Waals surface area contributed by atoms with Crippen LogP contribution < -0.4 is 5.32 Å². The number of hydrogen-bond acceptors (Lipinski definition) is 2. The van der Waals surface area contributed by atoms with Crippen LogP contribution in [0.5, 0.6) is 0 Å². The van der Waals surface area contributed by atoms with Crippen molar-refractivity contribution in [2.75, 3.05) is 0 Å². The van der Waals surface area contributed by atoms with Crippen LogP contribution in [0.3, 0.4) is 0 Å². The van der Waals surface area contributed by atoms with Crippen LogP contribution in [0.2, 0.25) is 0 Å². The summed E-state index contributed by atoms with van der Waals surface area (Å²) in [4.78, 5) is 20.0. The molecule has 0 radical (unpaired) electrons. The Balaban J connectivity index is 1.76. The fourth-order valence-electron chi connectivity index (χ4n) is 2.66. The summed E-state index contributed by atoms with van der Waals surface area (Å²) in [5, 5.41) is 3.14. The van der Waals surface area contributed by atoms with Crippen molar-refractivity contribution in [3.05, 3.63) is 54.1 Å². The van der Waals surface area contributed by atoms with Gasteiger partial charge >= 0.3 is 0 Å². The van der Waals surface area contributed by atoms with Crippen molar-refractivity contribution >= 4 is 5.91 Å². The molecule has 0 saturated heterocycles. The average Bonchev–Trinajstić information content (AvgIpc) is 3.14. The minimum Gasteiger partial charge on any atom is -0.347 e. The molecule has 1 atom stereocenters. The van der Waals surface area contributed by atoms with Crippen LogP contribution in [0.15, 0.2) is 42.7 Å². The second-order valence-electron chi connectivity index (χ2n) is 5.36. The molecule has 1 aliphatic carbocycles. The quantitative estimate of drug-likeness (QED) is 0.876. The van der Waals surface area contributed by atoms with Gasteiger partial charge in [-0.15, -0.1) is 0 Å². The summed E-state index contributed by atoms with van der Waals surface area (Å²) in [6, 6.07) is 10.0. The van der Waals surface area contributed by atoms with Crippen LogP contribution in [0.1, 0.15) is 43.6 Å². The Morgan fingerprint density at radius 3 is 2.70 bits per heavy atom. The number of aromatic amines is 1. The lowest BCUT2D eigenvalue weighted by atomic mass is 9.94. The highest BCUT2D eigenvalue weighted by Crippen LogP contribution is 2.48. The van der Waals surface area contributed by atoms with E-state index in [2.05, 4.69) is 22.2 Å². The Labute approximate surface area is 118 Å².